The van der Waals surface area contributed by atoms with E-state index >= 15 is 0 Å². The van der Waals surface area contributed by atoms with Gasteiger partial charge in [-0.3, -0.25) is 4.98 Å². The number of nitrogens with two attached hydrogens (primary N) is 1. The summed E-state index contributed by atoms with van der Waals surface area (Å²) in [6.45, 7) is 1.62. The quantitative estimate of drug-likeness (QED) is 0.823. The van der Waals surface area contributed by atoms with Gasteiger partial charge in [0.05, 0.1) is 6.20 Å². The molecular formula is C14H14FN3. The van der Waals surface area contributed by atoms with Crippen LogP contribution in [0.25, 0.3) is 0 Å². The van der Waals surface area contributed by atoms with E-state index in [1.807, 2.05) is 18.2 Å². The van der Waals surface area contributed by atoms with Gasteiger partial charge in [-0.15, -0.1) is 0 Å². The van der Waals surface area contributed by atoms with E-state index in [0.29, 0.717) is 6.54 Å². The molecule has 0 unspecified atom stereocenters. The Hall–Kier alpha value is -2.10. The maximum atomic E-state index is 13.1. The lowest BCUT2D eigenvalue weighted by atomic mass is 10.1. The van der Waals surface area contributed by atoms with Crippen LogP contribution in [0.5, 0.6) is 0 Å². The minimum absolute atomic E-state index is 0.288. The SMILES string of the molecule is Nc1ccc2c(c1)CCN2Cc1cncc(F)c1. The van der Waals surface area contributed by atoms with Gasteiger partial charge in [0.1, 0.15) is 5.82 Å². The first-order valence-electron chi connectivity index (χ1n) is 5.95. The second-order valence-electron chi connectivity index (χ2n) is 4.57. The van der Waals surface area contributed by atoms with Gasteiger partial charge in [0, 0.05) is 30.7 Å². The van der Waals surface area contributed by atoms with Gasteiger partial charge in [-0.05, 0) is 41.8 Å². The summed E-state index contributed by atoms with van der Waals surface area (Å²) in [5.41, 5.74) is 9.91. The second-order valence-corrected chi connectivity index (χ2v) is 4.57. The average molecular weight is 243 g/mol. The molecule has 2 N–H and O–H groups in total. The zero-order valence-corrected chi connectivity index (χ0v) is 9.94. The number of benzene rings is 1. The van der Waals surface area contributed by atoms with Crippen molar-refractivity contribution in [3.05, 3.63) is 53.6 Å². The van der Waals surface area contributed by atoms with Crippen molar-refractivity contribution in [3.8, 4) is 0 Å². The van der Waals surface area contributed by atoms with Crippen LogP contribution in [0.4, 0.5) is 15.8 Å². The van der Waals surface area contributed by atoms with E-state index in [1.54, 1.807) is 6.20 Å². The third-order valence-corrected chi connectivity index (χ3v) is 3.23. The normalized spacial score (nSPS) is 13.7. The van der Waals surface area contributed by atoms with Crippen molar-refractivity contribution in [1.29, 1.82) is 0 Å². The molecule has 2 aromatic rings. The summed E-state index contributed by atoms with van der Waals surface area (Å²) in [5, 5.41) is 0. The van der Waals surface area contributed by atoms with Gasteiger partial charge in [0.15, 0.2) is 0 Å². The molecule has 3 rings (SSSR count). The van der Waals surface area contributed by atoms with Crippen LogP contribution in [0.15, 0.2) is 36.7 Å². The van der Waals surface area contributed by atoms with Crippen LogP contribution in [-0.4, -0.2) is 11.5 Å². The van der Waals surface area contributed by atoms with Gasteiger partial charge < -0.3 is 10.6 Å². The molecule has 18 heavy (non-hydrogen) atoms. The summed E-state index contributed by atoms with van der Waals surface area (Å²) >= 11 is 0. The summed E-state index contributed by atoms with van der Waals surface area (Å²) in [4.78, 5) is 6.10. The standard InChI is InChI=1S/C14H14FN3/c15-12-5-10(7-17-8-12)9-18-4-3-11-6-13(16)1-2-14(11)18/h1-2,5-8H,3-4,9,16H2. The van der Waals surface area contributed by atoms with Crippen LogP contribution in [0.1, 0.15) is 11.1 Å². The highest BCUT2D eigenvalue weighted by atomic mass is 19.1. The lowest BCUT2D eigenvalue weighted by Crippen LogP contribution is -2.19. The molecule has 1 aromatic heterocycles. The van der Waals surface area contributed by atoms with E-state index in [2.05, 4.69) is 9.88 Å². The maximum Gasteiger partial charge on any atom is 0.141 e. The van der Waals surface area contributed by atoms with Gasteiger partial charge in [0.25, 0.3) is 0 Å². The van der Waals surface area contributed by atoms with Gasteiger partial charge in [0.2, 0.25) is 0 Å². The zero-order valence-electron chi connectivity index (χ0n) is 9.94. The lowest BCUT2D eigenvalue weighted by molar-refractivity contribution is 0.617. The number of hydrogen-bond acceptors (Lipinski definition) is 3. The van der Waals surface area contributed by atoms with Crippen molar-refractivity contribution in [1.82, 2.24) is 4.98 Å². The van der Waals surface area contributed by atoms with Crippen molar-refractivity contribution in [3.63, 3.8) is 0 Å². The molecule has 4 heteroatoms. The smallest absolute Gasteiger partial charge is 0.141 e. The fourth-order valence-electron chi connectivity index (χ4n) is 2.42. The highest BCUT2D eigenvalue weighted by Gasteiger charge is 2.19. The summed E-state index contributed by atoms with van der Waals surface area (Å²) in [5.74, 6) is -0.288. The van der Waals surface area contributed by atoms with Crippen molar-refractivity contribution >= 4 is 11.4 Å². The third-order valence-electron chi connectivity index (χ3n) is 3.23. The van der Waals surface area contributed by atoms with Crippen LogP contribution in [0, 0.1) is 5.82 Å². The fraction of sp³-hybridized carbons (Fsp3) is 0.214. The van der Waals surface area contributed by atoms with Crippen LogP contribution < -0.4 is 10.6 Å². The highest BCUT2D eigenvalue weighted by Crippen LogP contribution is 2.30. The molecule has 0 radical (unpaired) electrons. The van der Waals surface area contributed by atoms with Crippen molar-refractivity contribution in [2.45, 2.75) is 13.0 Å². The lowest BCUT2D eigenvalue weighted by Gasteiger charge is -2.19. The molecule has 0 bridgehead atoms. The fourth-order valence-corrected chi connectivity index (χ4v) is 2.42. The Labute approximate surface area is 105 Å². The number of hydrogen-bond donors (Lipinski definition) is 1. The number of nitrogen functional groups attached to an aromatic ring is 1. The van der Waals surface area contributed by atoms with Gasteiger partial charge in [-0.1, -0.05) is 0 Å². The van der Waals surface area contributed by atoms with Crippen LogP contribution in [-0.2, 0) is 13.0 Å². The predicted octanol–water partition coefficient (Wildman–Crippen LogP) is 2.37. The van der Waals surface area contributed by atoms with E-state index in [-0.39, 0.29) is 5.82 Å². The number of aromatic nitrogens is 1. The van der Waals surface area contributed by atoms with E-state index in [9.17, 15) is 4.39 Å². The predicted molar refractivity (Wildman–Crippen MR) is 69.8 cm³/mol. The van der Waals surface area contributed by atoms with Gasteiger partial charge >= 0.3 is 0 Å². The topological polar surface area (TPSA) is 42.1 Å². The summed E-state index contributed by atoms with van der Waals surface area (Å²) < 4.78 is 13.1. The monoisotopic (exact) mass is 243 g/mol. The summed E-state index contributed by atoms with van der Waals surface area (Å²) in [6, 6.07) is 7.48. The average Bonchev–Trinajstić information content (AvgIpc) is 2.72. The molecular weight excluding hydrogens is 229 g/mol. The molecule has 0 saturated carbocycles. The van der Waals surface area contributed by atoms with Crippen LogP contribution in [0.3, 0.4) is 0 Å². The van der Waals surface area contributed by atoms with Crippen molar-refractivity contribution in [2.24, 2.45) is 0 Å². The Morgan fingerprint density at radius 1 is 1.28 bits per heavy atom. The molecule has 92 valence electrons. The molecule has 0 spiro atoms. The Bertz CT molecular complexity index is 583. The maximum absolute atomic E-state index is 13.1. The third kappa shape index (κ3) is 2.01. The number of fused-ring (bicyclic) bond motifs is 1. The number of anilines is 2. The van der Waals surface area contributed by atoms with Gasteiger partial charge in [-0.2, -0.15) is 0 Å². The number of pyridine rings is 1. The molecule has 0 amide bonds. The molecule has 1 aliphatic heterocycles. The van der Waals surface area contributed by atoms with Crippen LogP contribution in [0.2, 0.25) is 0 Å². The molecule has 0 aliphatic carbocycles. The Morgan fingerprint density at radius 3 is 3.00 bits per heavy atom. The molecule has 2 heterocycles. The minimum atomic E-state index is -0.288. The van der Waals surface area contributed by atoms with E-state index in [0.717, 1.165) is 24.2 Å². The number of rotatable bonds is 2. The Balaban J connectivity index is 1.85. The van der Waals surface area contributed by atoms with Crippen molar-refractivity contribution in [2.75, 3.05) is 17.2 Å². The van der Waals surface area contributed by atoms with E-state index < -0.39 is 0 Å². The first kappa shape index (κ1) is 11.0. The van der Waals surface area contributed by atoms with Crippen LogP contribution >= 0.6 is 0 Å². The highest BCUT2D eigenvalue weighted by molar-refractivity contribution is 5.63. The largest absolute Gasteiger partial charge is 0.399 e. The zero-order chi connectivity index (χ0) is 12.5. The second kappa shape index (κ2) is 4.29. The Morgan fingerprint density at radius 2 is 2.17 bits per heavy atom. The molecule has 0 fully saturated rings. The Kier molecular flexibility index (Phi) is 2.63. The van der Waals surface area contributed by atoms with E-state index in [1.165, 1.54) is 23.5 Å². The first-order valence-corrected chi connectivity index (χ1v) is 5.95. The number of nitrogens with zero attached hydrogens (tertiary/aromatic N) is 2. The molecule has 1 aromatic carbocycles. The molecule has 0 atom stereocenters. The number of halogens is 1. The molecule has 0 saturated heterocycles. The summed E-state index contributed by atoms with van der Waals surface area (Å²) in [7, 11) is 0. The summed E-state index contributed by atoms with van der Waals surface area (Å²) in [6.07, 6.45) is 3.92. The van der Waals surface area contributed by atoms with E-state index in [4.69, 9.17) is 5.73 Å². The van der Waals surface area contributed by atoms with Gasteiger partial charge in [-0.25, -0.2) is 4.39 Å². The minimum Gasteiger partial charge on any atom is -0.399 e. The first-order chi connectivity index (χ1) is 8.72. The molecule has 3 nitrogen and oxygen atoms in total. The van der Waals surface area contributed by atoms with Crippen molar-refractivity contribution < 1.29 is 4.39 Å². The molecule has 1 aliphatic rings.